The Balaban J connectivity index is 1.41. The van der Waals surface area contributed by atoms with Gasteiger partial charge in [0.1, 0.15) is 0 Å². The number of aromatic nitrogens is 2. The summed E-state index contributed by atoms with van der Waals surface area (Å²) in [7, 11) is 0. The molecular formula is C34H30N2S2+2. The van der Waals surface area contributed by atoms with Crippen LogP contribution < -0.4 is 9.13 Å². The summed E-state index contributed by atoms with van der Waals surface area (Å²) in [5.74, 6) is 0. The molecule has 0 unspecified atom stereocenters. The summed E-state index contributed by atoms with van der Waals surface area (Å²) < 4.78 is 4.98. The normalized spacial score (nSPS) is 13.9. The van der Waals surface area contributed by atoms with Crippen LogP contribution in [0.4, 0.5) is 0 Å². The third-order valence-electron chi connectivity index (χ3n) is 8.21. The minimum absolute atomic E-state index is 1.01. The summed E-state index contributed by atoms with van der Waals surface area (Å²) in [5, 5.41) is 8.67. The lowest BCUT2D eigenvalue weighted by Gasteiger charge is -2.27. The zero-order valence-corrected chi connectivity index (χ0v) is 23.4. The molecule has 0 radical (unpaired) electrons. The van der Waals surface area contributed by atoms with Crippen molar-refractivity contribution < 1.29 is 9.13 Å². The summed E-state index contributed by atoms with van der Waals surface area (Å²) in [6, 6.07) is 15.8. The third-order valence-corrected chi connectivity index (χ3v) is 9.61. The standard InChI is InChI=1S/C34H30N2S2/c1-23-24(2)30-12-17-36-28(9-8-27-14-19-38-22-27)4-3-5-31(36)33(30)34-29(23)11-16-35-15-10-25(20-32(34)35)6-7-26-13-18-37-21-26/h3-10,13-15,18-22H,11-12,16-17H2,1-2H3/q+2/b7-6+,9-8+. The highest BCUT2D eigenvalue weighted by Gasteiger charge is 2.36. The van der Waals surface area contributed by atoms with Crippen LogP contribution in [-0.2, 0) is 25.9 Å². The molecule has 2 aliphatic heterocycles. The van der Waals surface area contributed by atoms with Crippen molar-refractivity contribution in [1.82, 2.24) is 0 Å². The molecule has 0 bridgehead atoms. The minimum atomic E-state index is 1.01. The molecule has 6 heterocycles. The average molecular weight is 531 g/mol. The Bertz CT molecular complexity index is 1690. The van der Waals surface area contributed by atoms with Crippen molar-refractivity contribution >= 4 is 47.0 Å². The molecule has 0 aliphatic carbocycles. The van der Waals surface area contributed by atoms with E-state index in [0.29, 0.717) is 0 Å². The highest BCUT2D eigenvalue weighted by atomic mass is 32.1. The van der Waals surface area contributed by atoms with E-state index in [1.807, 2.05) is 0 Å². The van der Waals surface area contributed by atoms with Crippen molar-refractivity contribution in [3.8, 4) is 22.5 Å². The molecule has 0 spiro atoms. The number of pyridine rings is 2. The van der Waals surface area contributed by atoms with E-state index in [1.54, 1.807) is 22.7 Å². The molecule has 0 saturated heterocycles. The van der Waals surface area contributed by atoms with Gasteiger partial charge in [0.15, 0.2) is 19.3 Å². The van der Waals surface area contributed by atoms with Gasteiger partial charge in [-0.25, -0.2) is 0 Å². The second kappa shape index (κ2) is 9.61. The Hall–Kier alpha value is -3.60. The topological polar surface area (TPSA) is 7.76 Å². The number of nitrogens with zero attached hydrogens (tertiary/aromatic N) is 2. The van der Waals surface area contributed by atoms with Crippen LogP contribution in [0.3, 0.4) is 0 Å². The predicted molar refractivity (Wildman–Crippen MR) is 161 cm³/mol. The first-order valence-corrected chi connectivity index (χ1v) is 15.2. The number of thiophene rings is 2. The zero-order valence-electron chi connectivity index (χ0n) is 21.8. The number of hydrogen-bond acceptors (Lipinski definition) is 2. The lowest BCUT2D eigenvalue weighted by molar-refractivity contribution is -0.690. The smallest absolute Gasteiger partial charge is 0.198 e. The van der Waals surface area contributed by atoms with Crippen molar-refractivity contribution in [3.63, 3.8) is 0 Å². The third kappa shape index (κ3) is 4.00. The summed E-state index contributed by atoms with van der Waals surface area (Å²) >= 11 is 3.49. The molecular weight excluding hydrogens is 501 g/mol. The molecule has 0 fully saturated rings. The molecule has 186 valence electrons. The number of benzene rings is 1. The molecule has 4 heteroatoms. The van der Waals surface area contributed by atoms with Gasteiger partial charge in [-0.15, -0.1) is 0 Å². The van der Waals surface area contributed by atoms with Crippen molar-refractivity contribution in [3.05, 3.63) is 115 Å². The SMILES string of the molecule is Cc1c(C)c2c(c3c1CC[n+]1ccc(/C=C/c4ccsc4)cc1-3)-c1cccc(/C=C/c3ccsc3)[n+]1CC2. The Morgan fingerprint density at radius 3 is 2.05 bits per heavy atom. The van der Waals surface area contributed by atoms with Gasteiger partial charge in [-0.3, -0.25) is 0 Å². The Kier molecular flexibility index (Phi) is 5.95. The maximum atomic E-state index is 2.53. The van der Waals surface area contributed by atoms with Crippen molar-refractivity contribution in [1.29, 1.82) is 0 Å². The van der Waals surface area contributed by atoms with E-state index in [4.69, 9.17) is 0 Å². The van der Waals surface area contributed by atoms with Gasteiger partial charge in [-0.05, 0) is 98.6 Å². The quantitative estimate of drug-likeness (QED) is 0.210. The average Bonchev–Trinajstić information content (AvgIpc) is 3.67. The van der Waals surface area contributed by atoms with E-state index in [2.05, 4.69) is 117 Å². The zero-order chi connectivity index (χ0) is 25.6. The van der Waals surface area contributed by atoms with Gasteiger partial charge in [0, 0.05) is 43.2 Å². The molecule has 38 heavy (non-hydrogen) atoms. The Morgan fingerprint density at radius 2 is 1.34 bits per heavy atom. The molecule has 2 nitrogen and oxygen atoms in total. The van der Waals surface area contributed by atoms with Crippen LogP contribution in [0.25, 0.3) is 46.8 Å². The second-order valence-corrected chi connectivity index (χ2v) is 11.8. The largest absolute Gasteiger partial charge is 0.214 e. The van der Waals surface area contributed by atoms with Crippen LogP contribution >= 0.6 is 22.7 Å². The summed E-state index contributed by atoms with van der Waals surface area (Å²) in [6.07, 6.45) is 13.4. The fraction of sp³-hybridized carbons (Fsp3) is 0.176. The predicted octanol–water partition coefficient (Wildman–Crippen LogP) is 7.79. The Morgan fingerprint density at radius 1 is 0.684 bits per heavy atom. The lowest BCUT2D eigenvalue weighted by atomic mass is 9.79. The number of aryl methyl sites for hydroxylation is 1. The van der Waals surface area contributed by atoms with E-state index in [-0.39, 0.29) is 0 Å². The molecule has 0 atom stereocenters. The van der Waals surface area contributed by atoms with Crippen LogP contribution in [0, 0.1) is 13.8 Å². The van der Waals surface area contributed by atoms with Gasteiger partial charge >= 0.3 is 0 Å². The summed E-state index contributed by atoms with van der Waals surface area (Å²) in [5.41, 5.74) is 16.6. The lowest BCUT2D eigenvalue weighted by Crippen LogP contribution is -2.45. The number of rotatable bonds is 4. The van der Waals surface area contributed by atoms with Gasteiger partial charge in [0.05, 0.1) is 11.1 Å². The van der Waals surface area contributed by atoms with Crippen LogP contribution in [0.1, 0.15) is 44.6 Å². The highest BCUT2D eigenvalue weighted by molar-refractivity contribution is 7.08. The number of hydrogen-bond donors (Lipinski definition) is 0. The molecule has 4 aromatic heterocycles. The first kappa shape index (κ1) is 23.5. The second-order valence-electron chi connectivity index (χ2n) is 10.3. The molecule has 0 amide bonds. The molecule has 1 aromatic carbocycles. The Labute approximate surface area is 232 Å². The number of fused-ring (bicyclic) bond motifs is 7. The molecule has 2 aliphatic rings. The summed E-state index contributed by atoms with van der Waals surface area (Å²) in [4.78, 5) is 0. The van der Waals surface area contributed by atoms with E-state index < -0.39 is 0 Å². The van der Waals surface area contributed by atoms with Crippen LogP contribution in [0.2, 0.25) is 0 Å². The fourth-order valence-electron chi connectivity index (χ4n) is 6.12. The van der Waals surface area contributed by atoms with Gasteiger partial charge in [-0.2, -0.15) is 31.8 Å². The molecule has 5 aromatic rings. The van der Waals surface area contributed by atoms with Crippen LogP contribution in [0.15, 0.2) is 70.2 Å². The van der Waals surface area contributed by atoms with Gasteiger partial charge in [0.25, 0.3) is 0 Å². The maximum Gasteiger partial charge on any atom is 0.214 e. The van der Waals surface area contributed by atoms with E-state index in [1.165, 1.54) is 67.2 Å². The van der Waals surface area contributed by atoms with E-state index >= 15 is 0 Å². The van der Waals surface area contributed by atoms with Gasteiger partial charge in [0.2, 0.25) is 17.1 Å². The molecule has 0 saturated carbocycles. The van der Waals surface area contributed by atoms with E-state index in [9.17, 15) is 0 Å². The monoisotopic (exact) mass is 530 g/mol. The fourth-order valence-corrected chi connectivity index (χ4v) is 7.38. The van der Waals surface area contributed by atoms with Crippen LogP contribution in [-0.4, -0.2) is 0 Å². The van der Waals surface area contributed by atoms with Crippen LogP contribution in [0.5, 0.6) is 0 Å². The summed E-state index contributed by atoms with van der Waals surface area (Å²) in [6.45, 7) is 6.72. The van der Waals surface area contributed by atoms with Crippen molar-refractivity contribution in [2.75, 3.05) is 0 Å². The molecule has 7 rings (SSSR count). The highest BCUT2D eigenvalue weighted by Crippen LogP contribution is 2.43. The van der Waals surface area contributed by atoms with Gasteiger partial charge in [-0.1, -0.05) is 12.2 Å². The molecule has 0 N–H and O–H groups in total. The van der Waals surface area contributed by atoms with Crippen molar-refractivity contribution in [2.45, 2.75) is 39.8 Å². The van der Waals surface area contributed by atoms with Crippen molar-refractivity contribution in [2.24, 2.45) is 0 Å². The van der Waals surface area contributed by atoms with Gasteiger partial charge < -0.3 is 0 Å². The maximum absolute atomic E-state index is 2.53. The van der Waals surface area contributed by atoms with E-state index in [0.717, 1.165) is 25.9 Å². The first-order valence-electron chi connectivity index (χ1n) is 13.3. The minimum Gasteiger partial charge on any atom is -0.198 e. The first-order chi connectivity index (χ1) is 18.7.